The van der Waals surface area contributed by atoms with Crippen LogP contribution in [0.25, 0.3) is 0 Å². The normalized spacial score (nSPS) is 34.5. The number of piperazine rings is 1. The highest BCUT2D eigenvalue weighted by Crippen LogP contribution is 2.20. The van der Waals surface area contributed by atoms with Crippen LogP contribution in [-0.2, 0) is 0 Å². The Balaban J connectivity index is 2.60. The molecule has 2 nitrogen and oxygen atoms in total. The van der Waals surface area contributed by atoms with E-state index < -0.39 is 0 Å². The Morgan fingerprint density at radius 2 is 1.58 bits per heavy atom. The molecule has 0 saturated carbocycles. The van der Waals surface area contributed by atoms with Crippen LogP contribution in [0.1, 0.15) is 27.7 Å². The molecule has 0 aliphatic carbocycles. The molecule has 1 rings (SSSR count). The molecule has 0 N–H and O–H groups in total. The molecule has 0 amide bonds. The van der Waals surface area contributed by atoms with E-state index in [0.29, 0.717) is 18.1 Å². The molecule has 1 aliphatic heterocycles. The maximum Gasteiger partial charge on any atom is 0.0235 e. The third kappa shape index (κ3) is 2.33. The zero-order valence-electron chi connectivity index (χ0n) is 8.42. The molecule has 1 fully saturated rings. The topological polar surface area (TPSA) is 6.48 Å². The Labute approximate surface area is 89.8 Å². The zero-order chi connectivity index (χ0) is 9.30. The van der Waals surface area contributed by atoms with Crippen molar-refractivity contribution in [2.75, 3.05) is 13.1 Å². The van der Waals surface area contributed by atoms with Gasteiger partial charge >= 0.3 is 0 Å². The summed E-state index contributed by atoms with van der Waals surface area (Å²) in [6, 6.07) is 2.08. The minimum Gasteiger partial charge on any atom is -0.293 e. The molecule has 0 aromatic carbocycles. The highest BCUT2D eigenvalue weighted by Gasteiger charge is 2.29. The molecule has 0 bridgehead atoms. The first-order valence-electron chi connectivity index (χ1n) is 4.70. The molecule has 1 saturated heterocycles. The predicted octanol–water partition coefficient (Wildman–Crippen LogP) is 2.14. The van der Waals surface area contributed by atoms with Crippen LogP contribution >= 0.6 is 22.9 Å². The van der Waals surface area contributed by atoms with Gasteiger partial charge in [0.05, 0.1) is 0 Å². The summed E-state index contributed by atoms with van der Waals surface area (Å²) < 4.78 is 2.39. The first kappa shape index (κ1) is 10.7. The Morgan fingerprint density at radius 1 is 1.17 bits per heavy atom. The largest absolute Gasteiger partial charge is 0.293 e. The molecule has 3 heteroatoms. The molecule has 12 heavy (non-hydrogen) atoms. The Bertz CT molecular complexity index is 137. The van der Waals surface area contributed by atoms with Crippen LogP contribution in [0.3, 0.4) is 0 Å². The number of halogens is 1. The van der Waals surface area contributed by atoms with Gasteiger partial charge in [0.15, 0.2) is 0 Å². The van der Waals surface area contributed by atoms with Crippen molar-refractivity contribution in [2.24, 2.45) is 0 Å². The average molecular weight is 282 g/mol. The van der Waals surface area contributed by atoms with Gasteiger partial charge in [0.1, 0.15) is 0 Å². The van der Waals surface area contributed by atoms with Crippen molar-refractivity contribution in [3.8, 4) is 0 Å². The fourth-order valence-corrected chi connectivity index (χ4v) is 3.43. The van der Waals surface area contributed by atoms with E-state index in [1.807, 2.05) is 0 Å². The lowest BCUT2D eigenvalue weighted by atomic mass is 10.1. The summed E-state index contributed by atoms with van der Waals surface area (Å²) in [5.74, 6) is 0. The summed E-state index contributed by atoms with van der Waals surface area (Å²) in [5.41, 5.74) is 0. The van der Waals surface area contributed by atoms with Crippen LogP contribution in [0.4, 0.5) is 0 Å². The first-order chi connectivity index (χ1) is 5.52. The molecule has 1 heterocycles. The van der Waals surface area contributed by atoms with Gasteiger partial charge in [-0.25, -0.2) is 3.11 Å². The third-order valence-electron chi connectivity index (χ3n) is 2.54. The van der Waals surface area contributed by atoms with E-state index in [-0.39, 0.29) is 0 Å². The maximum atomic E-state index is 2.61. The van der Waals surface area contributed by atoms with Crippen molar-refractivity contribution in [1.29, 1.82) is 0 Å². The maximum absolute atomic E-state index is 2.61. The molecular formula is C9H19IN2. The Kier molecular flexibility index (Phi) is 3.79. The van der Waals surface area contributed by atoms with E-state index in [1.54, 1.807) is 0 Å². The standard InChI is InChI=1S/C9H19IN2/c1-7(2)12-8(3)5-11(10)6-9(12)4/h7-9H,5-6H2,1-4H3/t8-,9-/m0/s1. The van der Waals surface area contributed by atoms with E-state index in [1.165, 1.54) is 13.1 Å². The van der Waals surface area contributed by atoms with Crippen LogP contribution in [-0.4, -0.2) is 39.2 Å². The Morgan fingerprint density at radius 3 is 1.92 bits per heavy atom. The van der Waals surface area contributed by atoms with E-state index >= 15 is 0 Å². The summed E-state index contributed by atoms with van der Waals surface area (Å²) in [6.45, 7) is 11.6. The second-order valence-electron chi connectivity index (χ2n) is 4.07. The van der Waals surface area contributed by atoms with Crippen molar-refractivity contribution in [3.63, 3.8) is 0 Å². The number of rotatable bonds is 1. The van der Waals surface area contributed by atoms with Gasteiger partial charge in [-0.2, -0.15) is 0 Å². The highest BCUT2D eigenvalue weighted by atomic mass is 127. The lowest BCUT2D eigenvalue weighted by molar-refractivity contribution is 0.0588. The quantitative estimate of drug-likeness (QED) is 0.537. The predicted molar refractivity (Wildman–Crippen MR) is 61.5 cm³/mol. The smallest absolute Gasteiger partial charge is 0.0235 e. The van der Waals surface area contributed by atoms with Crippen molar-refractivity contribution in [2.45, 2.75) is 45.8 Å². The zero-order valence-corrected chi connectivity index (χ0v) is 10.6. The average Bonchev–Trinajstić information content (AvgIpc) is 1.82. The molecule has 1 aliphatic rings. The molecule has 0 unspecified atom stereocenters. The van der Waals surface area contributed by atoms with Gasteiger partial charge in [0.25, 0.3) is 0 Å². The van der Waals surface area contributed by atoms with Gasteiger partial charge < -0.3 is 0 Å². The monoisotopic (exact) mass is 282 g/mol. The Hall–Kier alpha value is 0.650. The van der Waals surface area contributed by atoms with Crippen LogP contribution in [0.5, 0.6) is 0 Å². The van der Waals surface area contributed by atoms with Crippen molar-refractivity contribution >= 4 is 22.9 Å². The summed E-state index contributed by atoms with van der Waals surface area (Å²) in [5, 5.41) is 0. The van der Waals surface area contributed by atoms with Gasteiger partial charge in [-0.15, -0.1) is 0 Å². The van der Waals surface area contributed by atoms with Crippen molar-refractivity contribution in [1.82, 2.24) is 8.01 Å². The lowest BCUT2D eigenvalue weighted by Gasteiger charge is -2.44. The lowest BCUT2D eigenvalue weighted by Crippen LogP contribution is -2.56. The molecule has 0 spiro atoms. The fourth-order valence-electron chi connectivity index (χ4n) is 2.29. The minimum absolute atomic E-state index is 0.681. The third-order valence-corrected chi connectivity index (χ3v) is 3.33. The van der Waals surface area contributed by atoms with Gasteiger partial charge in [0, 0.05) is 54.1 Å². The van der Waals surface area contributed by atoms with Gasteiger partial charge in [0.2, 0.25) is 0 Å². The minimum atomic E-state index is 0.681. The molecule has 72 valence electrons. The molecular weight excluding hydrogens is 263 g/mol. The molecule has 0 radical (unpaired) electrons. The highest BCUT2D eigenvalue weighted by molar-refractivity contribution is 14.1. The second-order valence-corrected chi connectivity index (χ2v) is 5.43. The number of hydrogen-bond donors (Lipinski definition) is 0. The van der Waals surface area contributed by atoms with Crippen molar-refractivity contribution < 1.29 is 0 Å². The van der Waals surface area contributed by atoms with E-state index in [2.05, 4.69) is 58.6 Å². The molecule has 0 aromatic heterocycles. The molecule has 2 atom stereocenters. The fraction of sp³-hybridized carbons (Fsp3) is 1.00. The summed E-state index contributed by atoms with van der Waals surface area (Å²) in [6.07, 6.45) is 0. The van der Waals surface area contributed by atoms with Gasteiger partial charge in [-0.05, 0) is 27.7 Å². The van der Waals surface area contributed by atoms with Gasteiger partial charge in [-0.1, -0.05) is 0 Å². The van der Waals surface area contributed by atoms with Crippen molar-refractivity contribution in [3.05, 3.63) is 0 Å². The second kappa shape index (κ2) is 4.24. The SMILES string of the molecule is CC(C)N1[C@@H](C)CN(I)C[C@@H]1C. The van der Waals surface area contributed by atoms with Crippen LogP contribution in [0, 0.1) is 0 Å². The number of hydrogen-bond acceptors (Lipinski definition) is 2. The summed E-state index contributed by atoms with van der Waals surface area (Å²) in [7, 11) is 0. The van der Waals surface area contributed by atoms with E-state index in [0.717, 1.165) is 0 Å². The number of nitrogens with zero attached hydrogens (tertiary/aromatic N) is 2. The van der Waals surface area contributed by atoms with Crippen LogP contribution in [0.15, 0.2) is 0 Å². The van der Waals surface area contributed by atoms with E-state index in [9.17, 15) is 0 Å². The summed E-state index contributed by atoms with van der Waals surface area (Å²) >= 11 is 2.43. The summed E-state index contributed by atoms with van der Waals surface area (Å²) in [4.78, 5) is 2.61. The van der Waals surface area contributed by atoms with Gasteiger partial charge in [-0.3, -0.25) is 4.90 Å². The molecule has 0 aromatic rings. The first-order valence-corrected chi connectivity index (χ1v) is 5.67. The van der Waals surface area contributed by atoms with Crippen LogP contribution in [0.2, 0.25) is 0 Å². The van der Waals surface area contributed by atoms with E-state index in [4.69, 9.17) is 0 Å². The van der Waals surface area contributed by atoms with Crippen LogP contribution < -0.4 is 0 Å².